The molecule has 2 nitrogen and oxygen atoms in total. The molecule has 2 aromatic rings. The van der Waals surface area contributed by atoms with Crippen LogP contribution >= 0.6 is 9.24 Å². The van der Waals surface area contributed by atoms with Crippen molar-refractivity contribution in [1.29, 1.82) is 0 Å². The maximum Gasteiger partial charge on any atom is 0.167 e. The largest absolute Gasteiger partial charge is 0.356 e. The van der Waals surface area contributed by atoms with Crippen LogP contribution in [0.1, 0.15) is 19.0 Å². The zero-order valence-electron chi connectivity index (χ0n) is 8.66. The molecule has 1 atom stereocenters. The van der Waals surface area contributed by atoms with E-state index < -0.39 is 0 Å². The monoisotopic (exact) mass is 209 g/mol. The molecule has 0 saturated heterocycles. The summed E-state index contributed by atoms with van der Waals surface area (Å²) >= 11 is 0. The van der Waals surface area contributed by atoms with E-state index in [2.05, 4.69) is 27.4 Å². The maximum absolute atomic E-state index is 5.15. The lowest BCUT2D eigenvalue weighted by molar-refractivity contribution is 0.445. The van der Waals surface area contributed by atoms with Gasteiger partial charge in [-0.15, -0.1) is 9.24 Å². The molecule has 0 fully saturated rings. The van der Waals surface area contributed by atoms with E-state index in [4.69, 9.17) is 4.52 Å². The minimum absolute atomic E-state index is 0.890. The molecule has 76 valence electrons. The number of benzene rings is 1. The van der Waals surface area contributed by atoms with Gasteiger partial charge in [0.2, 0.25) is 0 Å². The van der Waals surface area contributed by atoms with Gasteiger partial charge >= 0.3 is 0 Å². The van der Waals surface area contributed by atoms with Crippen molar-refractivity contribution < 1.29 is 4.52 Å². The molecule has 0 saturated carbocycles. The number of aryl methyl sites for hydroxylation is 1. The second-order valence-corrected chi connectivity index (χ2v) is 2.88. The molecule has 1 heterocycles. The predicted molar refractivity (Wildman–Crippen MR) is 63.6 cm³/mol. The summed E-state index contributed by atoms with van der Waals surface area (Å²) in [5.41, 5.74) is 1.97. The molecular weight excluding hydrogens is 193 g/mol. The van der Waals surface area contributed by atoms with E-state index in [9.17, 15) is 0 Å². The predicted octanol–water partition coefficient (Wildman–Crippen LogP) is 3.27. The average Bonchev–Trinajstić information content (AvgIpc) is 2.66. The van der Waals surface area contributed by atoms with Crippen molar-refractivity contribution >= 4 is 20.2 Å². The van der Waals surface area contributed by atoms with Crippen molar-refractivity contribution in [3.8, 4) is 0 Å². The molecule has 1 unspecified atom stereocenters. The molecule has 0 aliphatic heterocycles. The molecule has 14 heavy (non-hydrogen) atoms. The van der Waals surface area contributed by atoms with Crippen LogP contribution in [-0.4, -0.2) is 11.8 Å². The van der Waals surface area contributed by atoms with Crippen LogP contribution in [0.25, 0.3) is 11.0 Å². The maximum atomic E-state index is 5.15. The van der Waals surface area contributed by atoms with Gasteiger partial charge in [-0.1, -0.05) is 37.3 Å². The van der Waals surface area contributed by atoms with Crippen LogP contribution in [0, 0.1) is 0 Å². The number of hydrogen-bond acceptors (Lipinski definition) is 2. The standard InChI is InChI=1S/C10H11NO.CH5P/c1-2-5-9-8-6-3-4-7-10(8)12-11-9;1-2/h3-4,6-7H,2,5H2,1H3;2H2,1H3. The van der Waals surface area contributed by atoms with E-state index in [0.717, 1.165) is 29.5 Å². The van der Waals surface area contributed by atoms with E-state index in [0.29, 0.717) is 0 Å². The van der Waals surface area contributed by atoms with E-state index in [1.165, 1.54) is 0 Å². The van der Waals surface area contributed by atoms with Gasteiger partial charge in [-0.2, -0.15) is 0 Å². The fraction of sp³-hybridized carbons (Fsp3) is 0.364. The van der Waals surface area contributed by atoms with Crippen molar-refractivity contribution in [1.82, 2.24) is 5.16 Å². The SMILES string of the molecule is CCCc1noc2ccccc12.CP. The molecule has 0 bridgehead atoms. The zero-order chi connectivity index (χ0) is 10.4. The lowest BCUT2D eigenvalue weighted by Crippen LogP contribution is -1.81. The highest BCUT2D eigenvalue weighted by molar-refractivity contribution is 7.15. The zero-order valence-corrected chi connectivity index (χ0v) is 9.81. The van der Waals surface area contributed by atoms with Gasteiger partial charge in [-0.05, 0) is 18.6 Å². The molecule has 0 aliphatic carbocycles. The Morgan fingerprint density at radius 3 is 2.71 bits per heavy atom. The van der Waals surface area contributed by atoms with E-state index in [-0.39, 0.29) is 0 Å². The molecule has 0 spiro atoms. The summed E-state index contributed by atoms with van der Waals surface area (Å²) in [6.07, 6.45) is 2.10. The number of aromatic nitrogens is 1. The molecule has 0 N–H and O–H groups in total. The van der Waals surface area contributed by atoms with Gasteiger partial charge in [0, 0.05) is 5.39 Å². The Labute approximate surface area is 86.9 Å². The summed E-state index contributed by atoms with van der Waals surface area (Å²) < 4.78 is 5.15. The topological polar surface area (TPSA) is 26.0 Å². The third kappa shape index (κ3) is 2.33. The van der Waals surface area contributed by atoms with Crippen molar-refractivity contribution in [2.75, 3.05) is 6.66 Å². The molecule has 2 rings (SSSR count). The number of hydrogen-bond donors (Lipinski definition) is 0. The van der Waals surface area contributed by atoms with Gasteiger partial charge in [0.05, 0.1) is 5.69 Å². The molecule has 3 heteroatoms. The summed E-state index contributed by atoms with van der Waals surface area (Å²) in [6, 6.07) is 7.97. The van der Waals surface area contributed by atoms with Gasteiger partial charge in [-0.3, -0.25) is 0 Å². The Hall–Kier alpha value is -0.880. The Morgan fingerprint density at radius 1 is 1.29 bits per heavy atom. The molecule has 0 radical (unpaired) electrons. The average molecular weight is 209 g/mol. The van der Waals surface area contributed by atoms with E-state index >= 15 is 0 Å². The van der Waals surface area contributed by atoms with Gasteiger partial charge in [0.15, 0.2) is 5.58 Å². The quantitative estimate of drug-likeness (QED) is 0.709. The second-order valence-electron chi connectivity index (χ2n) is 2.88. The van der Waals surface area contributed by atoms with Crippen LogP contribution in [0.5, 0.6) is 0 Å². The van der Waals surface area contributed by atoms with Gasteiger partial charge in [0.25, 0.3) is 0 Å². The minimum Gasteiger partial charge on any atom is -0.356 e. The third-order valence-corrected chi connectivity index (χ3v) is 1.94. The van der Waals surface area contributed by atoms with Crippen molar-refractivity contribution in [3.05, 3.63) is 30.0 Å². The highest BCUT2D eigenvalue weighted by Crippen LogP contribution is 2.18. The lowest BCUT2D eigenvalue weighted by atomic mass is 10.1. The van der Waals surface area contributed by atoms with Crippen molar-refractivity contribution in [2.24, 2.45) is 0 Å². The van der Waals surface area contributed by atoms with Gasteiger partial charge < -0.3 is 4.52 Å². The van der Waals surface area contributed by atoms with Gasteiger partial charge in [0.1, 0.15) is 0 Å². The van der Waals surface area contributed by atoms with E-state index in [1.54, 1.807) is 0 Å². The minimum atomic E-state index is 0.890. The molecule has 0 aliphatic rings. The Morgan fingerprint density at radius 2 is 2.00 bits per heavy atom. The summed E-state index contributed by atoms with van der Waals surface area (Å²) in [4.78, 5) is 0. The molecule has 1 aromatic heterocycles. The first-order valence-corrected chi connectivity index (χ1v) is 5.98. The fourth-order valence-electron chi connectivity index (χ4n) is 1.36. The summed E-state index contributed by atoms with van der Waals surface area (Å²) in [7, 11) is 2.42. The first-order chi connectivity index (χ1) is 6.92. The van der Waals surface area contributed by atoms with Gasteiger partial charge in [-0.25, -0.2) is 0 Å². The number of fused-ring (bicyclic) bond motifs is 1. The van der Waals surface area contributed by atoms with Crippen LogP contribution in [0.15, 0.2) is 28.8 Å². The smallest absolute Gasteiger partial charge is 0.167 e. The fourth-order valence-corrected chi connectivity index (χ4v) is 1.36. The molecule has 0 amide bonds. The van der Waals surface area contributed by atoms with E-state index in [1.807, 2.05) is 24.9 Å². The van der Waals surface area contributed by atoms with Crippen LogP contribution < -0.4 is 0 Å². The highest BCUT2D eigenvalue weighted by atomic mass is 31.0. The first kappa shape index (κ1) is 11.2. The number of para-hydroxylation sites is 1. The van der Waals surface area contributed by atoms with Crippen LogP contribution in [0.4, 0.5) is 0 Å². The van der Waals surface area contributed by atoms with Crippen LogP contribution in [0.3, 0.4) is 0 Å². The Kier molecular flexibility index (Phi) is 4.61. The normalized spacial score (nSPS) is 9.64. The highest BCUT2D eigenvalue weighted by Gasteiger charge is 2.04. The summed E-state index contributed by atoms with van der Waals surface area (Å²) in [5.74, 6) is 0. The first-order valence-electron chi connectivity index (χ1n) is 4.83. The molecular formula is C11H16NOP. The summed E-state index contributed by atoms with van der Waals surface area (Å²) in [5, 5.41) is 5.16. The lowest BCUT2D eigenvalue weighted by Gasteiger charge is -1.89. The van der Waals surface area contributed by atoms with Crippen LogP contribution in [0.2, 0.25) is 0 Å². The summed E-state index contributed by atoms with van der Waals surface area (Å²) in [6.45, 7) is 4.06. The Balaban J connectivity index is 0.000000461. The Bertz CT molecular complexity index is 383. The number of nitrogens with zero attached hydrogens (tertiary/aromatic N) is 1. The van der Waals surface area contributed by atoms with Crippen molar-refractivity contribution in [2.45, 2.75) is 19.8 Å². The van der Waals surface area contributed by atoms with Crippen LogP contribution in [-0.2, 0) is 6.42 Å². The second kappa shape index (κ2) is 5.77. The van der Waals surface area contributed by atoms with Crippen molar-refractivity contribution in [3.63, 3.8) is 0 Å². The number of rotatable bonds is 2. The third-order valence-electron chi connectivity index (χ3n) is 1.94. The molecule has 1 aromatic carbocycles.